The molecule has 1 aromatic carbocycles. The summed E-state index contributed by atoms with van der Waals surface area (Å²) in [4.78, 5) is 25.1. The molecule has 5 nitrogen and oxygen atoms in total. The second kappa shape index (κ2) is 6.26. The van der Waals surface area contributed by atoms with Gasteiger partial charge >= 0.3 is 5.97 Å². The van der Waals surface area contributed by atoms with E-state index in [2.05, 4.69) is 5.32 Å². The molecule has 0 spiro atoms. The Labute approximate surface area is 125 Å². The number of hydrogen-bond acceptors (Lipinski definition) is 3. The Bertz CT molecular complexity index is 556. The fourth-order valence-electron chi connectivity index (χ4n) is 2.86. The first-order valence-electron chi connectivity index (χ1n) is 7.19. The van der Waals surface area contributed by atoms with Crippen LogP contribution in [0.15, 0.2) is 18.2 Å². The van der Waals surface area contributed by atoms with Gasteiger partial charge in [0, 0.05) is 18.8 Å². The normalized spacial score (nSPS) is 22.2. The van der Waals surface area contributed by atoms with Crippen molar-refractivity contribution in [3.05, 3.63) is 29.3 Å². The van der Waals surface area contributed by atoms with E-state index in [0.29, 0.717) is 13.1 Å². The third kappa shape index (κ3) is 3.82. The van der Waals surface area contributed by atoms with Crippen molar-refractivity contribution in [2.45, 2.75) is 20.8 Å². The molecule has 1 fully saturated rings. The van der Waals surface area contributed by atoms with E-state index in [0.717, 1.165) is 16.8 Å². The third-order valence-corrected chi connectivity index (χ3v) is 4.03. The summed E-state index contributed by atoms with van der Waals surface area (Å²) in [6, 6.07) is 5.88. The number of carboxylic acid groups (broad SMARTS) is 1. The number of likely N-dealkylation sites (tertiary alicyclic amines) is 1. The zero-order chi connectivity index (χ0) is 15.6. The molecule has 1 aliphatic rings. The molecular formula is C16H22N2O3. The van der Waals surface area contributed by atoms with Crippen LogP contribution in [0.3, 0.4) is 0 Å². The first-order chi connectivity index (χ1) is 9.86. The standard InChI is InChI=1S/C16H22N2O3/c1-10-4-5-14(11(2)6-10)17-15(19)9-18-7-12(3)13(8-18)16(20)21/h4-6,12-13H,7-9H2,1-3H3,(H,17,19)(H,20,21). The molecule has 1 aliphatic heterocycles. The number of anilines is 1. The molecule has 2 unspecified atom stereocenters. The molecule has 2 atom stereocenters. The molecule has 0 aromatic heterocycles. The van der Waals surface area contributed by atoms with Crippen LogP contribution in [0.5, 0.6) is 0 Å². The second-order valence-corrected chi connectivity index (χ2v) is 5.98. The highest BCUT2D eigenvalue weighted by atomic mass is 16.4. The Hall–Kier alpha value is -1.88. The first kappa shape index (κ1) is 15.5. The Morgan fingerprint density at radius 2 is 2.05 bits per heavy atom. The topological polar surface area (TPSA) is 69.6 Å². The number of rotatable bonds is 4. The summed E-state index contributed by atoms with van der Waals surface area (Å²) < 4.78 is 0. The number of carbonyl (C=O) groups is 2. The maximum Gasteiger partial charge on any atom is 0.308 e. The summed E-state index contributed by atoms with van der Waals surface area (Å²) in [6.45, 7) is 7.22. The van der Waals surface area contributed by atoms with Crippen molar-refractivity contribution in [3.8, 4) is 0 Å². The zero-order valence-corrected chi connectivity index (χ0v) is 12.7. The molecule has 2 rings (SSSR count). The van der Waals surface area contributed by atoms with Gasteiger partial charge in [0.05, 0.1) is 12.5 Å². The predicted molar refractivity (Wildman–Crippen MR) is 81.3 cm³/mol. The highest BCUT2D eigenvalue weighted by Gasteiger charge is 2.35. The maximum absolute atomic E-state index is 12.1. The Kier molecular flexibility index (Phi) is 4.63. The number of carboxylic acids is 1. The predicted octanol–water partition coefficient (Wildman–Crippen LogP) is 1.89. The lowest BCUT2D eigenvalue weighted by molar-refractivity contribution is -0.142. The number of benzene rings is 1. The first-order valence-corrected chi connectivity index (χ1v) is 7.19. The lowest BCUT2D eigenvalue weighted by Gasteiger charge is -2.16. The summed E-state index contributed by atoms with van der Waals surface area (Å²) in [5.74, 6) is -1.17. The number of nitrogens with zero attached hydrogens (tertiary/aromatic N) is 1. The average Bonchev–Trinajstić information content (AvgIpc) is 2.74. The van der Waals surface area contributed by atoms with Gasteiger partial charge in [-0.15, -0.1) is 0 Å². The van der Waals surface area contributed by atoms with Crippen molar-refractivity contribution in [1.82, 2.24) is 4.90 Å². The van der Waals surface area contributed by atoms with Gasteiger partial charge in [-0.25, -0.2) is 0 Å². The molecule has 0 aliphatic carbocycles. The monoisotopic (exact) mass is 290 g/mol. The van der Waals surface area contributed by atoms with E-state index in [4.69, 9.17) is 5.11 Å². The van der Waals surface area contributed by atoms with Crippen LogP contribution in [0.25, 0.3) is 0 Å². The zero-order valence-electron chi connectivity index (χ0n) is 12.7. The molecule has 1 saturated heterocycles. The quantitative estimate of drug-likeness (QED) is 0.888. The molecule has 5 heteroatoms. The van der Waals surface area contributed by atoms with Crippen molar-refractivity contribution >= 4 is 17.6 Å². The van der Waals surface area contributed by atoms with Crippen molar-refractivity contribution in [2.24, 2.45) is 11.8 Å². The molecule has 1 aromatic rings. The molecule has 114 valence electrons. The average molecular weight is 290 g/mol. The number of nitrogens with one attached hydrogen (secondary N) is 1. The van der Waals surface area contributed by atoms with Crippen LogP contribution in [0.1, 0.15) is 18.1 Å². The van der Waals surface area contributed by atoms with E-state index in [1.165, 1.54) is 0 Å². The number of aliphatic carboxylic acids is 1. The molecule has 1 heterocycles. The van der Waals surface area contributed by atoms with E-state index in [1.807, 2.05) is 43.9 Å². The summed E-state index contributed by atoms with van der Waals surface area (Å²) >= 11 is 0. The van der Waals surface area contributed by atoms with E-state index in [1.54, 1.807) is 0 Å². The van der Waals surface area contributed by atoms with Crippen LogP contribution in [-0.2, 0) is 9.59 Å². The van der Waals surface area contributed by atoms with Crippen LogP contribution in [0.2, 0.25) is 0 Å². The fraction of sp³-hybridized carbons (Fsp3) is 0.500. The molecular weight excluding hydrogens is 268 g/mol. The summed E-state index contributed by atoms with van der Waals surface area (Å²) in [5.41, 5.74) is 3.00. The van der Waals surface area contributed by atoms with Crippen LogP contribution in [0, 0.1) is 25.7 Å². The van der Waals surface area contributed by atoms with Gasteiger partial charge in [-0.3, -0.25) is 14.5 Å². The van der Waals surface area contributed by atoms with Gasteiger partial charge in [0.15, 0.2) is 0 Å². The third-order valence-electron chi connectivity index (χ3n) is 4.03. The summed E-state index contributed by atoms with van der Waals surface area (Å²) in [5, 5.41) is 12.0. The number of aryl methyl sites for hydroxylation is 2. The Morgan fingerprint density at radius 1 is 1.33 bits per heavy atom. The SMILES string of the molecule is Cc1ccc(NC(=O)CN2CC(C)C(C(=O)O)C2)c(C)c1. The van der Waals surface area contributed by atoms with Crippen molar-refractivity contribution in [1.29, 1.82) is 0 Å². The molecule has 2 N–H and O–H groups in total. The van der Waals surface area contributed by atoms with Gasteiger partial charge in [0.2, 0.25) is 5.91 Å². The van der Waals surface area contributed by atoms with E-state index in [-0.39, 0.29) is 24.3 Å². The number of carbonyl (C=O) groups excluding carboxylic acids is 1. The number of amides is 1. The van der Waals surface area contributed by atoms with Crippen LogP contribution in [-0.4, -0.2) is 41.5 Å². The molecule has 0 bridgehead atoms. The van der Waals surface area contributed by atoms with Crippen LogP contribution >= 0.6 is 0 Å². The number of hydrogen-bond donors (Lipinski definition) is 2. The van der Waals surface area contributed by atoms with Gasteiger partial charge in [-0.2, -0.15) is 0 Å². The molecule has 0 radical (unpaired) electrons. The van der Waals surface area contributed by atoms with Crippen molar-refractivity contribution in [3.63, 3.8) is 0 Å². The molecule has 0 saturated carbocycles. The Balaban J connectivity index is 1.92. The Morgan fingerprint density at radius 3 is 2.62 bits per heavy atom. The highest BCUT2D eigenvalue weighted by Crippen LogP contribution is 2.23. The van der Waals surface area contributed by atoms with Crippen molar-refractivity contribution in [2.75, 3.05) is 25.0 Å². The van der Waals surface area contributed by atoms with Gasteiger partial charge < -0.3 is 10.4 Å². The largest absolute Gasteiger partial charge is 0.481 e. The molecule has 1 amide bonds. The van der Waals surface area contributed by atoms with Gasteiger partial charge in [-0.05, 0) is 31.4 Å². The van der Waals surface area contributed by atoms with Gasteiger partial charge in [0.25, 0.3) is 0 Å². The maximum atomic E-state index is 12.1. The minimum atomic E-state index is -0.778. The minimum Gasteiger partial charge on any atom is -0.481 e. The van der Waals surface area contributed by atoms with Crippen LogP contribution in [0.4, 0.5) is 5.69 Å². The summed E-state index contributed by atoms with van der Waals surface area (Å²) in [7, 11) is 0. The van der Waals surface area contributed by atoms with Gasteiger partial charge in [-0.1, -0.05) is 24.6 Å². The smallest absolute Gasteiger partial charge is 0.308 e. The molecule has 21 heavy (non-hydrogen) atoms. The fourth-order valence-corrected chi connectivity index (χ4v) is 2.86. The van der Waals surface area contributed by atoms with Crippen molar-refractivity contribution < 1.29 is 14.7 Å². The minimum absolute atomic E-state index is 0.0800. The van der Waals surface area contributed by atoms with Gasteiger partial charge in [0.1, 0.15) is 0 Å². The van der Waals surface area contributed by atoms with E-state index in [9.17, 15) is 9.59 Å². The van der Waals surface area contributed by atoms with Crippen LogP contribution < -0.4 is 5.32 Å². The lowest BCUT2D eigenvalue weighted by Crippen LogP contribution is -2.32. The highest BCUT2D eigenvalue weighted by molar-refractivity contribution is 5.93. The second-order valence-electron chi connectivity index (χ2n) is 5.98. The summed E-state index contributed by atoms with van der Waals surface area (Å²) in [6.07, 6.45) is 0. The lowest BCUT2D eigenvalue weighted by atomic mass is 9.99. The van der Waals surface area contributed by atoms with E-state index < -0.39 is 5.97 Å². The van der Waals surface area contributed by atoms with E-state index >= 15 is 0 Å².